The monoisotopic (exact) mass is 245 g/mol. The topological polar surface area (TPSA) is 87.7 Å². The molecule has 0 bridgehead atoms. The largest absolute Gasteiger partial charge is 0.409 e. The first-order valence-electron chi connectivity index (χ1n) is 5.46. The van der Waals surface area contributed by atoms with Crippen molar-refractivity contribution in [3.05, 3.63) is 0 Å². The Hall–Kier alpha value is -0.910. The molecule has 1 fully saturated rings. The number of thioether (sulfide) groups is 1. The molecule has 1 saturated heterocycles. The molecule has 6 heteroatoms. The van der Waals surface area contributed by atoms with Gasteiger partial charge in [0.1, 0.15) is 0 Å². The molecule has 0 radical (unpaired) electrons. The maximum atomic E-state index is 12.0. The lowest BCUT2D eigenvalue weighted by atomic mass is 10.0. The molecule has 1 heterocycles. The van der Waals surface area contributed by atoms with Crippen molar-refractivity contribution < 1.29 is 10.0 Å². The quantitative estimate of drug-likeness (QED) is 0.297. The van der Waals surface area contributed by atoms with Crippen molar-refractivity contribution in [2.45, 2.75) is 43.9 Å². The Morgan fingerprint density at radius 2 is 2.44 bits per heavy atom. The highest BCUT2D eigenvalue weighted by Gasteiger charge is 2.38. The Balaban J connectivity index is 2.62. The van der Waals surface area contributed by atoms with Crippen molar-refractivity contribution in [1.82, 2.24) is 5.32 Å². The predicted molar refractivity (Wildman–Crippen MR) is 65.7 cm³/mol. The first kappa shape index (κ1) is 13.2. The highest BCUT2D eigenvalue weighted by atomic mass is 32.2. The summed E-state index contributed by atoms with van der Waals surface area (Å²) in [5.41, 5.74) is 5.50. The van der Waals surface area contributed by atoms with Gasteiger partial charge in [0.05, 0.1) is 10.8 Å². The van der Waals surface area contributed by atoms with Crippen molar-refractivity contribution >= 4 is 23.5 Å². The minimum Gasteiger partial charge on any atom is -0.409 e. The minimum atomic E-state index is -0.379. The number of nitrogens with zero attached hydrogens (tertiary/aromatic N) is 1. The molecule has 1 rings (SSSR count). The smallest absolute Gasteiger partial charge is 0.236 e. The number of nitrogens with two attached hydrogens (primary N) is 1. The fourth-order valence-electron chi connectivity index (χ4n) is 1.72. The van der Waals surface area contributed by atoms with E-state index in [1.807, 2.05) is 13.8 Å². The van der Waals surface area contributed by atoms with Crippen LogP contribution in [-0.2, 0) is 4.79 Å². The van der Waals surface area contributed by atoms with Crippen LogP contribution >= 0.6 is 11.8 Å². The lowest BCUT2D eigenvalue weighted by molar-refractivity contribution is -0.123. The summed E-state index contributed by atoms with van der Waals surface area (Å²) in [5.74, 6) is 1.06. The molecule has 92 valence electrons. The summed E-state index contributed by atoms with van der Waals surface area (Å²) in [5, 5.41) is 14.3. The zero-order chi connectivity index (χ0) is 12.2. The van der Waals surface area contributed by atoms with Crippen LogP contribution in [0.2, 0.25) is 0 Å². The zero-order valence-electron chi connectivity index (χ0n) is 9.69. The lowest BCUT2D eigenvalue weighted by Gasteiger charge is -2.25. The average molecular weight is 245 g/mol. The number of amides is 1. The first-order chi connectivity index (χ1) is 7.53. The molecule has 2 atom stereocenters. The fraction of sp³-hybridized carbons (Fsp3) is 0.800. The molecule has 1 aliphatic heterocycles. The molecule has 0 aromatic carbocycles. The molecular weight excluding hydrogens is 226 g/mol. The molecule has 1 amide bonds. The maximum Gasteiger partial charge on any atom is 0.236 e. The fourth-order valence-corrected chi connectivity index (χ4v) is 2.94. The van der Waals surface area contributed by atoms with Gasteiger partial charge in [-0.05, 0) is 31.9 Å². The molecular formula is C10H19N3O2S. The van der Waals surface area contributed by atoms with E-state index in [1.165, 1.54) is 0 Å². The Labute approximate surface area is 99.8 Å². The Bertz CT molecular complexity index is 288. The van der Waals surface area contributed by atoms with Gasteiger partial charge >= 0.3 is 0 Å². The predicted octanol–water partition coefficient (Wildman–Crippen LogP) is 0.913. The summed E-state index contributed by atoms with van der Waals surface area (Å²) in [4.78, 5) is 12.0. The Morgan fingerprint density at radius 1 is 1.75 bits per heavy atom. The second kappa shape index (κ2) is 5.43. The first-order valence-corrected chi connectivity index (χ1v) is 6.44. The number of rotatable bonds is 4. The Kier molecular flexibility index (Phi) is 4.46. The van der Waals surface area contributed by atoms with Gasteiger partial charge in [0, 0.05) is 0 Å². The summed E-state index contributed by atoms with van der Waals surface area (Å²) in [6.07, 6.45) is 2.56. The number of carbonyl (C=O) groups is 1. The minimum absolute atomic E-state index is 0.0200. The van der Waals surface area contributed by atoms with E-state index in [-0.39, 0.29) is 22.5 Å². The van der Waals surface area contributed by atoms with E-state index in [1.54, 1.807) is 11.8 Å². The highest BCUT2D eigenvalue weighted by molar-refractivity contribution is 8.01. The van der Waals surface area contributed by atoms with Crippen molar-refractivity contribution in [2.24, 2.45) is 10.9 Å². The molecule has 0 aliphatic carbocycles. The molecule has 5 nitrogen and oxygen atoms in total. The molecule has 4 N–H and O–H groups in total. The average Bonchev–Trinajstić information content (AvgIpc) is 2.73. The molecule has 0 aromatic rings. The highest BCUT2D eigenvalue weighted by Crippen LogP contribution is 2.37. The van der Waals surface area contributed by atoms with Crippen LogP contribution in [0.1, 0.15) is 33.1 Å². The Morgan fingerprint density at radius 3 is 2.88 bits per heavy atom. The summed E-state index contributed by atoms with van der Waals surface area (Å²) < 4.78 is -0.358. The van der Waals surface area contributed by atoms with Crippen LogP contribution in [0.3, 0.4) is 0 Å². The van der Waals surface area contributed by atoms with E-state index in [9.17, 15) is 4.79 Å². The standard InChI is InChI=1S/C10H19N3O2S/c1-3-7(8(11)13-15)12-9(14)10(2)5-4-6-16-10/h7,15H,3-6H2,1-2H3,(H2,11,13)(H,12,14). The SMILES string of the molecule is CCC(NC(=O)C1(C)CCCS1)C(N)=NO. The molecule has 0 spiro atoms. The zero-order valence-corrected chi connectivity index (χ0v) is 10.5. The summed E-state index contributed by atoms with van der Waals surface area (Å²) in [6, 6.07) is -0.379. The van der Waals surface area contributed by atoms with Crippen LogP contribution in [0.5, 0.6) is 0 Å². The van der Waals surface area contributed by atoms with Gasteiger partial charge in [-0.25, -0.2) is 0 Å². The van der Waals surface area contributed by atoms with Crippen molar-refractivity contribution in [2.75, 3.05) is 5.75 Å². The van der Waals surface area contributed by atoms with Gasteiger partial charge in [0.15, 0.2) is 5.84 Å². The van der Waals surface area contributed by atoms with Crippen LogP contribution in [0.25, 0.3) is 0 Å². The van der Waals surface area contributed by atoms with E-state index in [0.29, 0.717) is 6.42 Å². The van der Waals surface area contributed by atoms with E-state index in [2.05, 4.69) is 10.5 Å². The van der Waals surface area contributed by atoms with Crippen LogP contribution in [0, 0.1) is 0 Å². The van der Waals surface area contributed by atoms with E-state index in [4.69, 9.17) is 10.9 Å². The maximum absolute atomic E-state index is 12.0. The molecule has 16 heavy (non-hydrogen) atoms. The number of nitrogens with one attached hydrogen (secondary N) is 1. The third kappa shape index (κ3) is 2.81. The number of oxime groups is 1. The number of amidine groups is 1. The van der Waals surface area contributed by atoms with Crippen LogP contribution in [-0.4, -0.2) is 33.5 Å². The van der Waals surface area contributed by atoms with Crippen LogP contribution in [0.4, 0.5) is 0 Å². The summed E-state index contributed by atoms with van der Waals surface area (Å²) in [7, 11) is 0. The van der Waals surface area contributed by atoms with Crippen LogP contribution < -0.4 is 11.1 Å². The molecule has 1 aliphatic rings. The normalized spacial score (nSPS) is 27.8. The van der Waals surface area contributed by atoms with Gasteiger partial charge in [-0.3, -0.25) is 4.79 Å². The van der Waals surface area contributed by atoms with Crippen molar-refractivity contribution in [3.8, 4) is 0 Å². The molecule has 0 aromatic heterocycles. The van der Waals surface area contributed by atoms with Gasteiger partial charge in [0.25, 0.3) is 0 Å². The van der Waals surface area contributed by atoms with Gasteiger partial charge in [-0.1, -0.05) is 12.1 Å². The summed E-state index contributed by atoms with van der Waals surface area (Å²) in [6.45, 7) is 3.83. The summed E-state index contributed by atoms with van der Waals surface area (Å²) >= 11 is 1.67. The van der Waals surface area contributed by atoms with Gasteiger partial charge in [-0.2, -0.15) is 0 Å². The van der Waals surface area contributed by atoms with E-state index in [0.717, 1.165) is 18.6 Å². The van der Waals surface area contributed by atoms with E-state index < -0.39 is 0 Å². The van der Waals surface area contributed by atoms with Gasteiger partial charge in [0.2, 0.25) is 5.91 Å². The molecule has 0 saturated carbocycles. The second-order valence-corrected chi connectivity index (χ2v) is 5.74. The van der Waals surface area contributed by atoms with Crippen molar-refractivity contribution in [3.63, 3.8) is 0 Å². The number of hydrogen-bond acceptors (Lipinski definition) is 4. The third-order valence-electron chi connectivity index (χ3n) is 2.89. The van der Waals surface area contributed by atoms with Gasteiger partial charge < -0.3 is 16.3 Å². The second-order valence-electron chi connectivity index (χ2n) is 4.14. The lowest BCUT2D eigenvalue weighted by Crippen LogP contribution is -2.50. The molecule has 2 unspecified atom stereocenters. The third-order valence-corrected chi connectivity index (χ3v) is 4.40. The number of carbonyl (C=O) groups excluding carboxylic acids is 1. The van der Waals surface area contributed by atoms with Crippen LogP contribution in [0.15, 0.2) is 5.16 Å². The van der Waals surface area contributed by atoms with Gasteiger partial charge in [-0.15, -0.1) is 11.8 Å². The number of hydrogen-bond donors (Lipinski definition) is 3. The van der Waals surface area contributed by atoms with E-state index >= 15 is 0 Å². The van der Waals surface area contributed by atoms with Crippen molar-refractivity contribution in [1.29, 1.82) is 0 Å².